The fraction of sp³-hybridized carbons (Fsp3) is 0.476. The Hall–Kier alpha value is -2.21. The summed E-state index contributed by atoms with van der Waals surface area (Å²) in [5.41, 5.74) is 4.04. The lowest BCUT2D eigenvalue weighted by Crippen LogP contribution is -2.39. The minimum Gasteiger partial charge on any atom is -0.356 e. The normalized spacial score (nSPS) is 17.0. The van der Waals surface area contributed by atoms with Gasteiger partial charge in [0.2, 0.25) is 5.91 Å². The van der Waals surface area contributed by atoms with Crippen LogP contribution in [0.2, 0.25) is 0 Å². The van der Waals surface area contributed by atoms with Crippen molar-refractivity contribution in [3.05, 3.63) is 51.0 Å². The van der Waals surface area contributed by atoms with Crippen LogP contribution in [0.4, 0.5) is 0 Å². The maximum Gasteiger partial charge on any atom is 0.253 e. The molecule has 1 aliphatic heterocycles. The lowest BCUT2D eigenvalue weighted by atomic mass is 9.97. The molecule has 5 nitrogen and oxygen atoms in total. The Morgan fingerprint density at radius 3 is 2.70 bits per heavy atom. The molecule has 2 heterocycles. The van der Waals surface area contributed by atoms with Crippen LogP contribution in [0.1, 0.15) is 57.9 Å². The van der Waals surface area contributed by atoms with E-state index in [2.05, 4.69) is 16.8 Å². The first-order valence-electron chi connectivity index (χ1n) is 9.48. The highest BCUT2D eigenvalue weighted by Gasteiger charge is 2.27. The molecule has 2 amide bonds. The molecule has 1 saturated heterocycles. The summed E-state index contributed by atoms with van der Waals surface area (Å²) in [6, 6.07) is 6.04. The number of rotatable bonds is 5. The van der Waals surface area contributed by atoms with Crippen molar-refractivity contribution < 1.29 is 9.59 Å². The number of hydrogen-bond donors (Lipinski definition) is 1. The zero-order valence-electron chi connectivity index (χ0n) is 16.2. The molecule has 1 aromatic heterocycles. The molecular formula is C21H27N3O2S. The zero-order valence-corrected chi connectivity index (χ0v) is 17.1. The first-order chi connectivity index (χ1) is 12.9. The predicted octanol–water partition coefficient (Wildman–Crippen LogP) is 3.46. The van der Waals surface area contributed by atoms with Crippen molar-refractivity contribution in [3.63, 3.8) is 0 Å². The molecule has 1 atom stereocenters. The van der Waals surface area contributed by atoms with Crippen molar-refractivity contribution in [2.75, 3.05) is 19.6 Å². The highest BCUT2D eigenvalue weighted by molar-refractivity contribution is 7.09. The number of piperidine rings is 1. The quantitative estimate of drug-likeness (QED) is 0.857. The Balaban J connectivity index is 1.64. The van der Waals surface area contributed by atoms with Crippen LogP contribution in [-0.4, -0.2) is 41.3 Å². The molecule has 6 heteroatoms. The molecule has 2 aromatic rings. The number of nitrogens with zero attached hydrogens (tertiary/aromatic N) is 2. The average Bonchev–Trinajstić information content (AvgIpc) is 3.09. The van der Waals surface area contributed by atoms with E-state index in [0.29, 0.717) is 12.5 Å². The van der Waals surface area contributed by atoms with Crippen LogP contribution in [0.5, 0.6) is 0 Å². The van der Waals surface area contributed by atoms with Gasteiger partial charge in [0, 0.05) is 49.8 Å². The second kappa shape index (κ2) is 8.65. The van der Waals surface area contributed by atoms with Crippen molar-refractivity contribution in [2.24, 2.45) is 0 Å². The fourth-order valence-electron chi connectivity index (χ4n) is 3.64. The number of carbonyl (C=O) groups excluding carboxylic acids is 2. The van der Waals surface area contributed by atoms with E-state index in [4.69, 9.17) is 4.98 Å². The lowest BCUT2D eigenvalue weighted by molar-refractivity contribution is -0.118. The van der Waals surface area contributed by atoms with Gasteiger partial charge in [0.1, 0.15) is 0 Å². The van der Waals surface area contributed by atoms with Gasteiger partial charge in [-0.25, -0.2) is 4.98 Å². The van der Waals surface area contributed by atoms with Crippen LogP contribution >= 0.6 is 11.3 Å². The number of carbonyl (C=O) groups is 2. The number of likely N-dealkylation sites (tertiary alicyclic amines) is 1. The van der Waals surface area contributed by atoms with Crippen LogP contribution in [0.15, 0.2) is 23.6 Å². The highest BCUT2D eigenvalue weighted by Crippen LogP contribution is 2.30. The number of nitrogens with one attached hydrogen (secondary N) is 1. The molecule has 3 rings (SSSR count). The Morgan fingerprint density at radius 1 is 1.26 bits per heavy atom. The van der Waals surface area contributed by atoms with E-state index in [0.717, 1.165) is 59.7 Å². The van der Waals surface area contributed by atoms with Crippen molar-refractivity contribution in [1.82, 2.24) is 15.2 Å². The molecule has 1 fully saturated rings. The van der Waals surface area contributed by atoms with Crippen molar-refractivity contribution in [3.8, 4) is 0 Å². The van der Waals surface area contributed by atoms with E-state index in [1.807, 2.05) is 30.9 Å². The third-order valence-electron chi connectivity index (χ3n) is 4.85. The Labute approximate surface area is 164 Å². The summed E-state index contributed by atoms with van der Waals surface area (Å²) in [6.07, 6.45) is 2.81. The summed E-state index contributed by atoms with van der Waals surface area (Å²) in [6.45, 7) is 7.73. The number of amides is 2. The van der Waals surface area contributed by atoms with Crippen molar-refractivity contribution in [2.45, 2.75) is 46.0 Å². The summed E-state index contributed by atoms with van der Waals surface area (Å²) >= 11 is 1.67. The molecule has 27 heavy (non-hydrogen) atoms. The second-order valence-electron chi connectivity index (χ2n) is 7.38. The van der Waals surface area contributed by atoms with Gasteiger partial charge in [0.05, 0.1) is 10.7 Å². The summed E-state index contributed by atoms with van der Waals surface area (Å²) in [7, 11) is 0. The standard InChI is InChI=1S/C21H27N3O2S/c1-14-9-15(2)11-18(10-14)21(26)24-8-4-5-17(12-24)20-23-19(13-27-20)6-7-22-16(3)25/h9-11,13,17H,4-8,12H2,1-3H3,(H,22,25)/t17-/m0/s1. The van der Waals surface area contributed by atoms with Crippen LogP contribution in [-0.2, 0) is 11.2 Å². The molecule has 0 unspecified atom stereocenters. The topological polar surface area (TPSA) is 62.3 Å². The largest absolute Gasteiger partial charge is 0.356 e. The Morgan fingerprint density at radius 2 is 2.00 bits per heavy atom. The first-order valence-corrected chi connectivity index (χ1v) is 10.4. The summed E-state index contributed by atoms with van der Waals surface area (Å²) in [5, 5.41) is 5.98. The van der Waals surface area contributed by atoms with E-state index in [9.17, 15) is 9.59 Å². The minimum atomic E-state index is -0.0155. The van der Waals surface area contributed by atoms with Gasteiger partial charge in [-0.05, 0) is 38.8 Å². The van der Waals surface area contributed by atoms with Gasteiger partial charge in [-0.2, -0.15) is 0 Å². The number of aryl methyl sites for hydroxylation is 2. The maximum atomic E-state index is 13.0. The maximum absolute atomic E-state index is 13.0. The minimum absolute atomic E-state index is 0.0155. The number of thiazole rings is 1. The van der Waals surface area contributed by atoms with Gasteiger partial charge >= 0.3 is 0 Å². The molecule has 0 spiro atoms. The summed E-state index contributed by atoms with van der Waals surface area (Å²) in [5.74, 6) is 0.403. The molecule has 1 aromatic carbocycles. The van der Waals surface area contributed by atoms with E-state index in [1.54, 1.807) is 11.3 Å². The number of hydrogen-bond acceptors (Lipinski definition) is 4. The van der Waals surface area contributed by atoms with Crippen LogP contribution < -0.4 is 5.32 Å². The molecule has 0 bridgehead atoms. The number of aromatic nitrogens is 1. The molecule has 1 aliphatic rings. The summed E-state index contributed by atoms with van der Waals surface area (Å²) < 4.78 is 0. The Kier molecular flexibility index (Phi) is 6.26. The van der Waals surface area contributed by atoms with Crippen LogP contribution in [0.25, 0.3) is 0 Å². The fourth-order valence-corrected chi connectivity index (χ4v) is 4.62. The van der Waals surface area contributed by atoms with Gasteiger partial charge in [-0.1, -0.05) is 17.2 Å². The molecule has 0 saturated carbocycles. The molecule has 144 valence electrons. The van der Waals surface area contributed by atoms with Gasteiger partial charge in [0.25, 0.3) is 5.91 Å². The van der Waals surface area contributed by atoms with Gasteiger partial charge < -0.3 is 10.2 Å². The van der Waals surface area contributed by atoms with E-state index >= 15 is 0 Å². The highest BCUT2D eigenvalue weighted by atomic mass is 32.1. The third-order valence-corrected chi connectivity index (χ3v) is 5.91. The van der Waals surface area contributed by atoms with E-state index in [-0.39, 0.29) is 11.8 Å². The molecular weight excluding hydrogens is 358 g/mol. The van der Waals surface area contributed by atoms with Gasteiger partial charge in [-0.15, -0.1) is 11.3 Å². The van der Waals surface area contributed by atoms with E-state index < -0.39 is 0 Å². The second-order valence-corrected chi connectivity index (χ2v) is 8.27. The number of benzene rings is 1. The van der Waals surface area contributed by atoms with Gasteiger partial charge in [0.15, 0.2) is 0 Å². The lowest BCUT2D eigenvalue weighted by Gasteiger charge is -2.32. The predicted molar refractivity (Wildman–Crippen MR) is 108 cm³/mol. The van der Waals surface area contributed by atoms with Gasteiger partial charge in [-0.3, -0.25) is 9.59 Å². The monoisotopic (exact) mass is 385 g/mol. The SMILES string of the molecule is CC(=O)NCCc1csc([C@H]2CCCN(C(=O)c3cc(C)cc(C)c3)C2)n1. The average molecular weight is 386 g/mol. The Bertz CT molecular complexity index is 810. The van der Waals surface area contributed by atoms with E-state index in [1.165, 1.54) is 6.92 Å². The molecule has 0 aliphatic carbocycles. The zero-order chi connectivity index (χ0) is 19.4. The first kappa shape index (κ1) is 19.5. The van der Waals surface area contributed by atoms with Crippen molar-refractivity contribution >= 4 is 23.2 Å². The molecule has 1 N–H and O–H groups in total. The van der Waals surface area contributed by atoms with Crippen LogP contribution in [0.3, 0.4) is 0 Å². The van der Waals surface area contributed by atoms with Crippen molar-refractivity contribution in [1.29, 1.82) is 0 Å². The summed E-state index contributed by atoms with van der Waals surface area (Å²) in [4.78, 5) is 30.7. The molecule has 0 radical (unpaired) electrons. The van der Waals surface area contributed by atoms with Crippen LogP contribution in [0, 0.1) is 13.8 Å². The smallest absolute Gasteiger partial charge is 0.253 e. The third kappa shape index (κ3) is 5.16.